The number of hydrogen-bond acceptors (Lipinski definition) is 6. The molecule has 1 fully saturated rings. The molecule has 1 N–H and O–H groups in total. The van der Waals surface area contributed by atoms with Crippen LogP contribution in [0.5, 0.6) is 11.5 Å². The van der Waals surface area contributed by atoms with Crippen LogP contribution < -0.4 is 9.47 Å². The van der Waals surface area contributed by atoms with Crippen molar-refractivity contribution >= 4 is 17.3 Å². The first-order chi connectivity index (χ1) is 12.7. The third-order valence-corrected chi connectivity index (χ3v) is 5.34. The maximum atomic E-state index is 10.9. The van der Waals surface area contributed by atoms with Crippen LogP contribution in [-0.2, 0) is 11.2 Å². The lowest BCUT2D eigenvalue weighted by Gasteiger charge is -2.26. The summed E-state index contributed by atoms with van der Waals surface area (Å²) in [6, 6.07) is 5.69. The van der Waals surface area contributed by atoms with Gasteiger partial charge >= 0.3 is 5.97 Å². The summed E-state index contributed by atoms with van der Waals surface area (Å²) in [4.78, 5) is 17.8. The van der Waals surface area contributed by atoms with Gasteiger partial charge in [-0.2, -0.15) is 0 Å². The average molecular weight is 376 g/mol. The van der Waals surface area contributed by atoms with Crippen LogP contribution in [0.3, 0.4) is 0 Å². The van der Waals surface area contributed by atoms with E-state index in [9.17, 15) is 4.79 Å². The Morgan fingerprint density at radius 3 is 2.85 bits per heavy atom. The molecule has 0 atom stereocenters. The van der Waals surface area contributed by atoms with E-state index in [-0.39, 0.29) is 6.42 Å². The molecule has 0 spiro atoms. The van der Waals surface area contributed by atoms with Crippen LogP contribution in [0.25, 0.3) is 10.6 Å². The number of carbonyl (C=O) groups is 1. The van der Waals surface area contributed by atoms with Gasteiger partial charge in [0.15, 0.2) is 11.5 Å². The second-order valence-electron chi connectivity index (χ2n) is 6.30. The predicted molar refractivity (Wildman–Crippen MR) is 101 cm³/mol. The van der Waals surface area contributed by atoms with E-state index in [1.165, 1.54) is 30.6 Å². The molecule has 3 rings (SSSR count). The maximum absolute atomic E-state index is 10.9. The Balaban J connectivity index is 1.75. The van der Waals surface area contributed by atoms with E-state index in [1.54, 1.807) is 12.5 Å². The summed E-state index contributed by atoms with van der Waals surface area (Å²) in [7, 11) is 1.62. The van der Waals surface area contributed by atoms with Crippen molar-refractivity contribution in [2.75, 3.05) is 33.4 Å². The number of methoxy groups -OCH3 is 1. The van der Waals surface area contributed by atoms with E-state index in [0.29, 0.717) is 23.8 Å². The van der Waals surface area contributed by atoms with Crippen LogP contribution in [0.15, 0.2) is 23.6 Å². The molecule has 7 heteroatoms. The number of carboxylic acids is 1. The van der Waals surface area contributed by atoms with Gasteiger partial charge in [-0.3, -0.25) is 9.69 Å². The van der Waals surface area contributed by atoms with Crippen molar-refractivity contribution in [3.8, 4) is 22.1 Å². The molecule has 26 heavy (non-hydrogen) atoms. The first-order valence-electron chi connectivity index (χ1n) is 8.86. The van der Waals surface area contributed by atoms with E-state index < -0.39 is 5.97 Å². The molecule has 0 bridgehead atoms. The standard InChI is InChI=1S/C19H24N2O4S/c1-24-16-7-5-6-15(19-20-14(13-26-19)12-17(22)23)18(16)25-11-10-21-8-3-2-4-9-21/h5-7,13H,2-4,8-12H2,1H3,(H,22,23). The summed E-state index contributed by atoms with van der Waals surface area (Å²) in [5.74, 6) is 0.449. The van der Waals surface area contributed by atoms with Crippen molar-refractivity contribution in [3.05, 3.63) is 29.3 Å². The molecule has 140 valence electrons. The molecule has 0 saturated carbocycles. The summed E-state index contributed by atoms with van der Waals surface area (Å²) in [6.45, 7) is 3.74. The van der Waals surface area contributed by atoms with Crippen LogP contribution in [0.1, 0.15) is 25.0 Å². The first-order valence-corrected chi connectivity index (χ1v) is 9.74. The number of hydrogen-bond donors (Lipinski definition) is 1. The lowest BCUT2D eigenvalue weighted by Crippen LogP contribution is -2.33. The molecule has 1 aromatic carbocycles. The quantitative estimate of drug-likeness (QED) is 0.762. The van der Waals surface area contributed by atoms with Crippen molar-refractivity contribution in [2.45, 2.75) is 25.7 Å². The highest BCUT2D eigenvalue weighted by atomic mass is 32.1. The largest absolute Gasteiger partial charge is 0.493 e. The van der Waals surface area contributed by atoms with Crippen LogP contribution in [0, 0.1) is 0 Å². The number of nitrogens with zero attached hydrogens (tertiary/aromatic N) is 2. The normalized spacial score (nSPS) is 15.0. The zero-order valence-corrected chi connectivity index (χ0v) is 15.8. The van der Waals surface area contributed by atoms with Crippen molar-refractivity contribution in [1.82, 2.24) is 9.88 Å². The number of aliphatic carboxylic acids is 1. The average Bonchev–Trinajstić information content (AvgIpc) is 3.10. The molecular formula is C19H24N2O4S. The smallest absolute Gasteiger partial charge is 0.309 e. The summed E-state index contributed by atoms with van der Waals surface area (Å²) >= 11 is 1.42. The topological polar surface area (TPSA) is 71.9 Å². The predicted octanol–water partition coefficient (Wildman–Crippen LogP) is 3.31. The number of rotatable bonds is 8. The molecule has 2 heterocycles. The minimum atomic E-state index is -0.884. The second kappa shape index (κ2) is 9.00. The Hall–Kier alpha value is -2.12. The summed E-state index contributed by atoms with van der Waals surface area (Å²) < 4.78 is 11.6. The molecule has 1 aromatic heterocycles. The molecule has 6 nitrogen and oxygen atoms in total. The molecule has 1 aliphatic heterocycles. The van der Waals surface area contributed by atoms with Gasteiger partial charge in [0.25, 0.3) is 0 Å². The van der Waals surface area contributed by atoms with E-state index in [0.717, 1.165) is 30.2 Å². The molecule has 0 unspecified atom stereocenters. The van der Waals surface area contributed by atoms with Gasteiger partial charge in [-0.1, -0.05) is 12.5 Å². The van der Waals surface area contributed by atoms with Crippen molar-refractivity contribution in [1.29, 1.82) is 0 Å². The van der Waals surface area contributed by atoms with Crippen LogP contribution in [-0.4, -0.2) is 54.3 Å². The number of thiazole rings is 1. The van der Waals surface area contributed by atoms with Gasteiger partial charge in [0.05, 0.1) is 24.8 Å². The maximum Gasteiger partial charge on any atom is 0.309 e. The van der Waals surface area contributed by atoms with E-state index >= 15 is 0 Å². The second-order valence-corrected chi connectivity index (χ2v) is 7.16. The Kier molecular flexibility index (Phi) is 6.46. The number of aromatic nitrogens is 1. The Morgan fingerprint density at radius 2 is 2.12 bits per heavy atom. The molecule has 0 aliphatic carbocycles. The first kappa shape index (κ1) is 18.7. The monoisotopic (exact) mass is 376 g/mol. The fourth-order valence-electron chi connectivity index (χ4n) is 3.12. The Labute approximate surface area is 157 Å². The van der Waals surface area contributed by atoms with E-state index in [2.05, 4.69) is 9.88 Å². The third-order valence-electron chi connectivity index (χ3n) is 4.42. The zero-order valence-electron chi connectivity index (χ0n) is 14.9. The molecule has 2 aromatic rings. The van der Waals surface area contributed by atoms with Crippen molar-refractivity contribution in [2.24, 2.45) is 0 Å². The van der Waals surface area contributed by atoms with Crippen LogP contribution in [0.2, 0.25) is 0 Å². The molecule has 0 radical (unpaired) electrons. The van der Waals surface area contributed by atoms with Gasteiger partial charge in [0.1, 0.15) is 11.6 Å². The number of benzene rings is 1. The van der Waals surface area contributed by atoms with E-state index in [4.69, 9.17) is 14.6 Å². The Bertz CT molecular complexity index is 741. The minimum absolute atomic E-state index is 0.0778. The fourth-order valence-corrected chi connectivity index (χ4v) is 3.96. The van der Waals surface area contributed by atoms with Crippen LogP contribution in [0.4, 0.5) is 0 Å². The van der Waals surface area contributed by atoms with E-state index in [1.807, 2.05) is 18.2 Å². The molecule has 1 saturated heterocycles. The van der Waals surface area contributed by atoms with Crippen molar-refractivity contribution < 1.29 is 19.4 Å². The van der Waals surface area contributed by atoms with Gasteiger partial charge in [-0.25, -0.2) is 4.98 Å². The third kappa shape index (κ3) is 4.74. The lowest BCUT2D eigenvalue weighted by molar-refractivity contribution is -0.136. The minimum Gasteiger partial charge on any atom is -0.493 e. The highest BCUT2D eigenvalue weighted by Crippen LogP contribution is 2.39. The molecule has 0 amide bonds. The SMILES string of the molecule is COc1cccc(-c2nc(CC(=O)O)cs2)c1OCCN1CCCCC1. The molecular weight excluding hydrogens is 352 g/mol. The van der Waals surface area contributed by atoms with Gasteiger partial charge in [0.2, 0.25) is 0 Å². The highest BCUT2D eigenvalue weighted by Gasteiger charge is 2.17. The number of piperidine rings is 1. The fraction of sp³-hybridized carbons (Fsp3) is 0.474. The lowest BCUT2D eigenvalue weighted by atomic mass is 10.1. The van der Waals surface area contributed by atoms with Gasteiger partial charge in [0, 0.05) is 11.9 Å². The van der Waals surface area contributed by atoms with Gasteiger partial charge in [-0.15, -0.1) is 11.3 Å². The highest BCUT2D eigenvalue weighted by molar-refractivity contribution is 7.13. The summed E-state index contributed by atoms with van der Waals surface area (Å²) in [6.07, 6.45) is 3.75. The summed E-state index contributed by atoms with van der Waals surface area (Å²) in [5, 5.41) is 11.5. The van der Waals surface area contributed by atoms with Crippen molar-refractivity contribution in [3.63, 3.8) is 0 Å². The Morgan fingerprint density at radius 1 is 1.31 bits per heavy atom. The van der Waals surface area contributed by atoms with Gasteiger partial charge in [-0.05, 0) is 38.1 Å². The number of carboxylic acid groups (broad SMARTS) is 1. The number of ether oxygens (including phenoxy) is 2. The molecule has 1 aliphatic rings. The zero-order chi connectivity index (χ0) is 18.4. The van der Waals surface area contributed by atoms with Gasteiger partial charge < -0.3 is 14.6 Å². The number of likely N-dealkylation sites (tertiary alicyclic amines) is 1. The number of para-hydroxylation sites is 1. The van der Waals surface area contributed by atoms with Crippen LogP contribution >= 0.6 is 11.3 Å². The summed E-state index contributed by atoms with van der Waals surface area (Å²) in [5.41, 5.74) is 1.39.